The zero-order valence-electron chi connectivity index (χ0n) is 9.55. The topological polar surface area (TPSA) is 54.3 Å². The van der Waals surface area contributed by atoms with Gasteiger partial charge in [-0.05, 0) is 35.9 Å². The maximum absolute atomic E-state index is 11.7. The van der Waals surface area contributed by atoms with Crippen LogP contribution >= 0.6 is 0 Å². The number of carbonyl (C=O) groups is 1. The number of aromatic hydroxyl groups is 1. The number of phenolic OH excluding ortho intramolecular Hbond substituents is 1. The highest BCUT2D eigenvalue weighted by atomic mass is 16.3. The van der Waals surface area contributed by atoms with Gasteiger partial charge in [-0.2, -0.15) is 0 Å². The lowest BCUT2D eigenvalue weighted by Gasteiger charge is -2.03. The number of nitrogens with zero attached hydrogens (tertiary/aromatic N) is 1. The van der Waals surface area contributed by atoms with Gasteiger partial charge in [0, 0.05) is 31.5 Å². The standard InChI is InChI=1S/C13H14N2O2/c1-15-7-6-10(9-15)8-14-13(17)11-2-4-12(16)5-3-11/h2-7,9,16H,8H2,1H3,(H,14,17). The highest BCUT2D eigenvalue weighted by molar-refractivity contribution is 5.94. The molecule has 2 rings (SSSR count). The molecule has 17 heavy (non-hydrogen) atoms. The van der Waals surface area contributed by atoms with Gasteiger partial charge in [-0.25, -0.2) is 0 Å². The first-order valence-electron chi connectivity index (χ1n) is 5.33. The average molecular weight is 230 g/mol. The molecule has 0 unspecified atom stereocenters. The number of aromatic nitrogens is 1. The van der Waals surface area contributed by atoms with Crippen LogP contribution in [0.5, 0.6) is 5.75 Å². The second kappa shape index (κ2) is 4.74. The van der Waals surface area contributed by atoms with Gasteiger partial charge < -0.3 is 15.0 Å². The summed E-state index contributed by atoms with van der Waals surface area (Å²) in [6.07, 6.45) is 3.89. The number of aryl methyl sites for hydroxylation is 1. The van der Waals surface area contributed by atoms with E-state index in [1.807, 2.05) is 30.1 Å². The number of rotatable bonds is 3. The predicted octanol–water partition coefficient (Wildman–Crippen LogP) is 1.66. The molecule has 2 N–H and O–H groups in total. The van der Waals surface area contributed by atoms with Gasteiger partial charge in [0.25, 0.3) is 5.91 Å². The monoisotopic (exact) mass is 230 g/mol. The molecule has 0 fully saturated rings. The van der Waals surface area contributed by atoms with E-state index in [1.165, 1.54) is 12.1 Å². The number of hydrogen-bond donors (Lipinski definition) is 2. The van der Waals surface area contributed by atoms with Crippen LogP contribution < -0.4 is 5.32 Å². The number of hydrogen-bond acceptors (Lipinski definition) is 2. The molecule has 0 saturated carbocycles. The largest absolute Gasteiger partial charge is 0.508 e. The Morgan fingerprint density at radius 3 is 2.59 bits per heavy atom. The summed E-state index contributed by atoms with van der Waals surface area (Å²) in [4.78, 5) is 11.7. The first-order chi connectivity index (χ1) is 8.15. The van der Waals surface area contributed by atoms with Crippen molar-refractivity contribution < 1.29 is 9.90 Å². The van der Waals surface area contributed by atoms with Crippen LogP contribution in [0.3, 0.4) is 0 Å². The summed E-state index contributed by atoms with van der Waals surface area (Å²) >= 11 is 0. The van der Waals surface area contributed by atoms with Crippen molar-refractivity contribution in [1.82, 2.24) is 9.88 Å². The van der Waals surface area contributed by atoms with Crippen molar-refractivity contribution in [2.75, 3.05) is 0 Å². The molecule has 1 heterocycles. The van der Waals surface area contributed by atoms with Gasteiger partial charge in [0.2, 0.25) is 0 Å². The quantitative estimate of drug-likeness (QED) is 0.842. The molecule has 0 bridgehead atoms. The van der Waals surface area contributed by atoms with Crippen LogP contribution in [0.15, 0.2) is 42.7 Å². The van der Waals surface area contributed by atoms with Gasteiger partial charge in [-0.3, -0.25) is 4.79 Å². The third kappa shape index (κ3) is 2.87. The minimum absolute atomic E-state index is 0.145. The van der Waals surface area contributed by atoms with Crippen molar-refractivity contribution >= 4 is 5.91 Å². The van der Waals surface area contributed by atoms with Crippen molar-refractivity contribution in [3.05, 3.63) is 53.9 Å². The van der Waals surface area contributed by atoms with Crippen LogP contribution in [-0.2, 0) is 13.6 Å². The second-order valence-corrected chi connectivity index (χ2v) is 3.91. The second-order valence-electron chi connectivity index (χ2n) is 3.91. The molecule has 0 spiro atoms. The highest BCUT2D eigenvalue weighted by Gasteiger charge is 2.05. The van der Waals surface area contributed by atoms with Crippen LogP contribution in [-0.4, -0.2) is 15.6 Å². The van der Waals surface area contributed by atoms with E-state index < -0.39 is 0 Å². The summed E-state index contributed by atoms with van der Waals surface area (Å²) < 4.78 is 1.93. The molecule has 1 amide bonds. The molecule has 1 aromatic heterocycles. The van der Waals surface area contributed by atoms with E-state index in [1.54, 1.807) is 12.1 Å². The molecule has 0 aliphatic heterocycles. The highest BCUT2D eigenvalue weighted by Crippen LogP contribution is 2.09. The smallest absolute Gasteiger partial charge is 0.251 e. The Morgan fingerprint density at radius 2 is 2.00 bits per heavy atom. The van der Waals surface area contributed by atoms with Gasteiger partial charge in [-0.15, -0.1) is 0 Å². The van der Waals surface area contributed by atoms with Crippen molar-refractivity contribution in [2.24, 2.45) is 7.05 Å². The van der Waals surface area contributed by atoms with Gasteiger partial charge in [0.05, 0.1) is 0 Å². The molecule has 0 aliphatic carbocycles. The minimum Gasteiger partial charge on any atom is -0.508 e. The Morgan fingerprint density at radius 1 is 1.29 bits per heavy atom. The van der Waals surface area contributed by atoms with Crippen molar-refractivity contribution in [3.8, 4) is 5.75 Å². The third-order valence-electron chi connectivity index (χ3n) is 2.48. The molecule has 0 atom stereocenters. The van der Waals surface area contributed by atoms with Crippen LogP contribution in [0.25, 0.3) is 0 Å². The fourth-order valence-corrected chi connectivity index (χ4v) is 1.56. The Hall–Kier alpha value is -2.23. The summed E-state index contributed by atoms with van der Waals surface area (Å²) in [7, 11) is 1.94. The normalized spacial score (nSPS) is 10.2. The first-order valence-corrected chi connectivity index (χ1v) is 5.33. The molecular formula is C13H14N2O2. The summed E-state index contributed by atoms with van der Waals surface area (Å²) in [5.74, 6) is 0.0125. The average Bonchev–Trinajstić information content (AvgIpc) is 2.73. The number of benzene rings is 1. The van der Waals surface area contributed by atoms with E-state index in [9.17, 15) is 4.79 Å². The van der Waals surface area contributed by atoms with Crippen LogP contribution in [0, 0.1) is 0 Å². The number of phenols is 1. The van der Waals surface area contributed by atoms with Gasteiger partial charge in [0.15, 0.2) is 0 Å². The maximum Gasteiger partial charge on any atom is 0.251 e. The SMILES string of the molecule is Cn1ccc(CNC(=O)c2ccc(O)cc2)c1. The minimum atomic E-state index is -0.145. The lowest BCUT2D eigenvalue weighted by atomic mass is 10.2. The molecule has 0 aliphatic rings. The van der Waals surface area contributed by atoms with Gasteiger partial charge in [-0.1, -0.05) is 0 Å². The van der Waals surface area contributed by atoms with E-state index in [0.29, 0.717) is 12.1 Å². The lowest BCUT2D eigenvalue weighted by Crippen LogP contribution is -2.22. The molecule has 4 nitrogen and oxygen atoms in total. The van der Waals surface area contributed by atoms with Crippen molar-refractivity contribution in [1.29, 1.82) is 0 Å². The molecular weight excluding hydrogens is 216 g/mol. The fourth-order valence-electron chi connectivity index (χ4n) is 1.56. The van der Waals surface area contributed by atoms with E-state index in [-0.39, 0.29) is 11.7 Å². The molecule has 4 heteroatoms. The molecule has 1 aromatic carbocycles. The number of amides is 1. The van der Waals surface area contributed by atoms with E-state index in [4.69, 9.17) is 5.11 Å². The molecule has 88 valence electrons. The Labute approximate surface area is 99.5 Å². The number of carbonyl (C=O) groups excluding carboxylic acids is 1. The Balaban J connectivity index is 1.95. The van der Waals surface area contributed by atoms with E-state index in [2.05, 4.69) is 5.32 Å². The Kier molecular flexibility index (Phi) is 3.14. The van der Waals surface area contributed by atoms with Crippen LogP contribution in [0.1, 0.15) is 15.9 Å². The van der Waals surface area contributed by atoms with Gasteiger partial charge >= 0.3 is 0 Å². The molecule has 0 saturated heterocycles. The van der Waals surface area contributed by atoms with Crippen molar-refractivity contribution in [2.45, 2.75) is 6.54 Å². The zero-order valence-corrected chi connectivity index (χ0v) is 9.55. The molecule has 2 aromatic rings. The summed E-state index contributed by atoms with van der Waals surface area (Å²) in [5, 5.41) is 11.9. The van der Waals surface area contributed by atoms with Gasteiger partial charge in [0.1, 0.15) is 5.75 Å². The van der Waals surface area contributed by atoms with E-state index in [0.717, 1.165) is 5.56 Å². The summed E-state index contributed by atoms with van der Waals surface area (Å²) in [6, 6.07) is 8.14. The first kappa shape index (κ1) is 11.3. The predicted molar refractivity (Wildman–Crippen MR) is 64.7 cm³/mol. The fraction of sp³-hybridized carbons (Fsp3) is 0.154. The summed E-state index contributed by atoms with van der Waals surface area (Å²) in [6.45, 7) is 0.501. The van der Waals surface area contributed by atoms with Crippen LogP contribution in [0.2, 0.25) is 0 Å². The van der Waals surface area contributed by atoms with Crippen LogP contribution in [0.4, 0.5) is 0 Å². The number of nitrogens with one attached hydrogen (secondary N) is 1. The van der Waals surface area contributed by atoms with Crippen molar-refractivity contribution in [3.63, 3.8) is 0 Å². The zero-order chi connectivity index (χ0) is 12.3. The Bertz CT molecular complexity index is 514. The van der Waals surface area contributed by atoms with E-state index >= 15 is 0 Å². The lowest BCUT2D eigenvalue weighted by molar-refractivity contribution is 0.0951. The maximum atomic E-state index is 11.7. The third-order valence-corrected chi connectivity index (χ3v) is 2.48. The molecule has 0 radical (unpaired) electrons. The summed E-state index contributed by atoms with van der Waals surface area (Å²) in [5.41, 5.74) is 1.60.